The van der Waals surface area contributed by atoms with Gasteiger partial charge in [0.25, 0.3) is 0 Å². The zero-order chi connectivity index (χ0) is 16.0. The Hall–Kier alpha value is -1.07. The molecule has 1 aromatic rings. The maximum atomic E-state index is 12.5. The molecule has 21 heavy (non-hydrogen) atoms. The van der Waals surface area contributed by atoms with Gasteiger partial charge in [-0.3, -0.25) is 0 Å². The SMILES string of the molecule is CCCCCCC(C)NS(=O)(=O)c1cc(N)cc(C)c1C. The number of sulfonamides is 1. The van der Waals surface area contributed by atoms with Gasteiger partial charge in [-0.2, -0.15) is 0 Å². The number of unbranched alkanes of at least 4 members (excludes halogenated alkanes) is 3. The molecule has 1 atom stereocenters. The molecule has 0 bridgehead atoms. The molecule has 120 valence electrons. The van der Waals surface area contributed by atoms with Crippen LogP contribution in [0.2, 0.25) is 0 Å². The van der Waals surface area contributed by atoms with Gasteiger partial charge in [0.05, 0.1) is 4.90 Å². The van der Waals surface area contributed by atoms with Crippen LogP contribution in [0.3, 0.4) is 0 Å². The van der Waals surface area contributed by atoms with Crippen LogP contribution >= 0.6 is 0 Å². The second-order valence-electron chi connectivity index (χ2n) is 5.83. The molecule has 5 heteroatoms. The Morgan fingerprint density at radius 1 is 1.19 bits per heavy atom. The van der Waals surface area contributed by atoms with Crippen molar-refractivity contribution >= 4 is 15.7 Å². The smallest absolute Gasteiger partial charge is 0.241 e. The van der Waals surface area contributed by atoms with E-state index in [-0.39, 0.29) is 6.04 Å². The summed E-state index contributed by atoms with van der Waals surface area (Å²) < 4.78 is 27.7. The van der Waals surface area contributed by atoms with Crippen molar-refractivity contribution in [3.05, 3.63) is 23.3 Å². The van der Waals surface area contributed by atoms with Crippen molar-refractivity contribution in [2.45, 2.75) is 70.7 Å². The average molecular weight is 312 g/mol. The first kappa shape index (κ1) is 18.0. The predicted molar refractivity (Wildman–Crippen MR) is 88.9 cm³/mol. The van der Waals surface area contributed by atoms with E-state index >= 15 is 0 Å². The fraction of sp³-hybridized carbons (Fsp3) is 0.625. The first-order valence-corrected chi connectivity index (χ1v) is 9.15. The molecule has 1 unspecified atom stereocenters. The van der Waals surface area contributed by atoms with Crippen molar-refractivity contribution in [1.82, 2.24) is 4.72 Å². The maximum Gasteiger partial charge on any atom is 0.241 e. The highest BCUT2D eigenvalue weighted by atomic mass is 32.2. The molecule has 1 aromatic carbocycles. The summed E-state index contributed by atoms with van der Waals surface area (Å²) in [7, 11) is -3.51. The summed E-state index contributed by atoms with van der Waals surface area (Å²) >= 11 is 0. The van der Waals surface area contributed by atoms with Crippen molar-refractivity contribution in [1.29, 1.82) is 0 Å². The highest BCUT2D eigenvalue weighted by Gasteiger charge is 2.20. The van der Waals surface area contributed by atoms with Crippen LogP contribution in [-0.2, 0) is 10.0 Å². The van der Waals surface area contributed by atoms with Crippen LogP contribution in [-0.4, -0.2) is 14.5 Å². The molecule has 3 N–H and O–H groups in total. The number of rotatable bonds is 8. The predicted octanol–water partition coefficient (Wildman–Crippen LogP) is 3.52. The summed E-state index contributed by atoms with van der Waals surface area (Å²) in [4.78, 5) is 0.292. The lowest BCUT2D eigenvalue weighted by atomic mass is 10.1. The molecule has 0 fully saturated rings. The molecule has 1 rings (SSSR count). The van der Waals surface area contributed by atoms with E-state index in [1.807, 2.05) is 20.8 Å². The molecule has 0 heterocycles. The Morgan fingerprint density at radius 2 is 1.86 bits per heavy atom. The number of benzene rings is 1. The Kier molecular flexibility index (Phi) is 6.68. The van der Waals surface area contributed by atoms with E-state index in [0.29, 0.717) is 10.6 Å². The normalized spacial score (nSPS) is 13.3. The number of aryl methyl sites for hydroxylation is 1. The van der Waals surface area contributed by atoms with Gasteiger partial charge >= 0.3 is 0 Å². The number of anilines is 1. The minimum atomic E-state index is -3.51. The van der Waals surface area contributed by atoms with Crippen molar-refractivity contribution in [3.8, 4) is 0 Å². The number of nitrogens with one attached hydrogen (secondary N) is 1. The van der Waals surface area contributed by atoms with Crippen LogP contribution in [0.15, 0.2) is 17.0 Å². The third-order valence-corrected chi connectivity index (χ3v) is 5.49. The van der Waals surface area contributed by atoms with Crippen molar-refractivity contribution in [3.63, 3.8) is 0 Å². The molecule has 0 amide bonds. The van der Waals surface area contributed by atoms with Gasteiger partial charge in [-0.15, -0.1) is 0 Å². The zero-order valence-electron chi connectivity index (χ0n) is 13.6. The van der Waals surface area contributed by atoms with Crippen LogP contribution in [0.4, 0.5) is 5.69 Å². The van der Waals surface area contributed by atoms with E-state index in [9.17, 15) is 8.42 Å². The molecule has 0 aliphatic carbocycles. The Balaban J connectivity index is 2.78. The van der Waals surface area contributed by atoms with Gasteiger partial charge in [0.15, 0.2) is 0 Å². The lowest BCUT2D eigenvalue weighted by Gasteiger charge is -2.16. The van der Waals surface area contributed by atoms with E-state index in [1.165, 1.54) is 18.9 Å². The van der Waals surface area contributed by atoms with Gasteiger partial charge in [0, 0.05) is 11.7 Å². The monoisotopic (exact) mass is 312 g/mol. The largest absolute Gasteiger partial charge is 0.399 e. The number of nitrogens with two attached hydrogens (primary N) is 1. The molecule has 0 spiro atoms. The average Bonchev–Trinajstić information content (AvgIpc) is 2.38. The first-order chi connectivity index (χ1) is 9.77. The quantitative estimate of drug-likeness (QED) is 0.570. The van der Waals surface area contributed by atoms with Gasteiger partial charge in [-0.1, -0.05) is 32.6 Å². The molecule has 0 aromatic heterocycles. The summed E-state index contributed by atoms with van der Waals surface area (Å²) in [5.41, 5.74) is 7.91. The van der Waals surface area contributed by atoms with E-state index in [4.69, 9.17) is 5.73 Å². The minimum Gasteiger partial charge on any atom is -0.399 e. The van der Waals surface area contributed by atoms with E-state index in [1.54, 1.807) is 6.07 Å². The van der Waals surface area contributed by atoms with Crippen LogP contribution in [0.5, 0.6) is 0 Å². The lowest BCUT2D eigenvalue weighted by molar-refractivity contribution is 0.521. The first-order valence-electron chi connectivity index (χ1n) is 7.67. The van der Waals surface area contributed by atoms with Gasteiger partial charge in [-0.25, -0.2) is 13.1 Å². The Morgan fingerprint density at radius 3 is 2.48 bits per heavy atom. The summed E-state index contributed by atoms with van der Waals surface area (Å²) in [6.45, 7) is 7.77. The van der Waals surface area contributed by atoms with E-state index < -0.39 is 10.0 Å². The van der Waals surface area contributed by atoms with Crippen LogP contribution in [0.1, 0.15) is 57.1 Å². The maximum absolute atomic E-state index is 12.5. The Bertz CT molecular complexity index is 568. The topological polar surface area (TPSA) is 72.2 Å². The molecule has 0 aliphatic heterocycles. The summed E-state index contributed by atoms with van der Waals surface area (Å²) in [5.74, 6) is 0. The summed E-state index contributed by atoms with van der Waals surface area (Å²) in [6.07, 6.45) is 5.44. The molecule has 0 saturated heterocycles. The van der Waals surface area contributed by atoms with E-state index in [0.717, 1.165) is 30.4 Å². The number of hydrogen-bond donors (Lipinski definition) is 2. The third kappa shape index (κ3) is 5.32. The third-order valence-electron chi connectivity index (χ3n) is 3.78. The minimum absolute atomic E-state index is 0.0620. The van der Waals surface area contributed by atoms with Crippen LogP contribution in [0, 0.1) is 13.8 Å². The molecule has 0 saturated carbocycles. The second kappa shape index (κ2) is 7.80. The molecular weight excluding hydrogens is 284 g/mol. The molecular formula is C16H28N2O2S. The molecule has 0 aliphatic rings. The number of hydrogen-bond acceptors (Lipinski definition) is 3. The van der Waals surface area contributed by atoms with Crippen LogP contribution < -0.4 is 10.5 Å². The van der Waals surface area contributed by atoms with Crippen molar-refractivity contribution in [2.24, 2.45) is 0 Å². The molecule has 0 radical (unpaired) electrons. The summed E-state index contributed by atoms with van der Waals surface area (Å²) in [5, 5.41) is 0. The number of nitrogen functional groups attached to an aromatic ring is 1. The lowest BCUT2D eigenvalue weighted by Crippen LogP contribution is -2.33. The second-order valence-corrected chi connectivity index (χ2v) is 7.52. The highest BCUT2D eigenvalue weighted by molar-refractivity contribution is 7.89. The van der Waals surface area contributed by atoms with Gasteiger partial charge in [0.2, 0.25) is 10.0 Å². The van der Waals surface area contributed by atoms with Crippen LogP contribution in [0.25, 0.3) is 0 Å². The summed E-state index contributed by atoms with van der Waals surface area (Å²) in [6, 6.07) is 3.27. The standard InChI is InChI=1S/C16H28N2O2S/c1-5-6-7-8-9-13(3)18-21(19,20)16-11-15(17)10-12(2)14(16)4/h10-11,13,18H,5-9,17H2,1-4H3. The van der Waals surface area contributed by atoms with Gasteiger partial charge < -0.3 is 5.73 Å². The zero-order valence-corrected chi connectivity index (χ0v) is 14.4. The van der Waals surface area contributed by atoms with Crippen molar-refractivity contribution < 1.29 is 8.42 Å². The highest BCUT2D eigenvalue weighted by Crippen LogP contribution is 2.22. The Labute approximate surface area is 129 Å². The fourth-order valence-electron chi connectivity index (χ4n) is 2.40. The fourth-order valence-corrected chi connectivity index (χ4v) is 4.03. The van der Waals surface area contributed by atoms with Gasteiger partial charge in [0.1, 0.15) is 0 Å². The van der Waals surface area contributed by atoms with E-state index in [2.05, 4.69) is 11.6 Å². The molecule has 4 nitrogen and oxygen atoms in total. The van der Waals surface area contributed by atoms with Crippen molar-refractivity contribution in [2.75, 3.05) is 5.73 Å². The van der Waals surface area contributed by atoms with Gasteiger partial charge in [-0.05, 0) is 50.5 Å².